The summed E-state index contributed by atoms with van der Waals surface area (Å²) in [5, 5.41) is 0. The second-order valence-corrected chi connectivity index (χ2v) is 9.45. The van der Waals surface area contributed by atoms with Crippen molar-refractivity contribution in [1.29, 1.82) is 0 Å². The highest BCUT2D eigenvalue weighted by Crippen LogP contribution is 2.31. The van der Waals surface area contributed by atoms with Crippen LogP contribution in [0, 0.1) is 11.8 Å². The molecule has 202 valence electrons. The fourth-order valence-corrected chi connectivity index (χ4v) is 3.20. The van der Waals surface area contributed by atoms with Gasteiger partial charge in [0.05, 0.1) is 20.3 Å². The van der Waals surface area contributed by atoms with E-state index in [0.717, 1.165) is 0 Å². The number of hydrogen-bond acceptors (Lipinski definition) is 10. The Hall–Kier alpha value is -3.14. The van der Waals surface area contributed by atoms with Crippen LogP contribution in [0.3, 0.4) is 0 Å². The van der Waals surface area contributed by atoms with E-state index in [2.05, 4.69) is 0 Å². The molecule has 0 saturated heterocycles. The summed E-state index contributed by atoms with van der Waals surface area (Å²) in [6.07, 6.45) is 0.0752. The second-order valence-electron chi connectivity index (χ2n) is 9.45. The molecule has 0 radical (unpaired) electrons. The van der Waals surface area contributed by atoms with Gasteiger partial charge in [-0.1, -0.05) is 40.7 Å². The molecule has 1 atom stereocenters. The first-order chi connectivity index (χ1) is 16.9. The van der Waals surface area contributed by atoms with Crippen LogP contribution in [0.4, 0.5) is 4.79 Å². The first-order valence-corrected chi connectivity index (χ1v) is 12.1. The number of benzene rings is 1. The Morgan fingerprint density at radius 3 is 1.97 bits per heavy atom. The van der Waals surface area contributed by atoms with E-state index in [1.807, 2.05) is 34.6 Å². The van der Waals surface area contributed by atoms with Crippen LogP contribution in [0.5, 0.6) is 11.5 Å². The van der Waals surface area contributed by atoms with Crippen molar-refractivity contribution in [3.05, 3.63) is 23.8 Å². The first-order valence-electron chi connectivity index (χ1n) is 12.1. The number of rotatable bonds is 14. The lowest BCUT2D eigenvalue weighted by atomic mass is 9.88. The highest BCUT2D eigenvalue weighted by Gasteiger charge is 2.36. The number of methoxy groups -OCH3 is 1. The van der Waals surface area contributed by atoms with Crippen LogP contribution in [0.25, 0.3) is 0 Å². The van der Waals surface area contributed by atoms with E-state index in [1.165, 1.54) is 19.2 Å². The monoisotopic (exact) mass is 509 g/mol. The molecule has 0 heterocycles. The van der Waals surface area contributed by atoms with Crippen LogP contribution in [0.15, 0.2) is 18.2 Å². The third-order valence-corrected chi connectivity index (χ3v) is 4.91. The molecule has 1 aromatic rings. The van der Waals surface area contributed by atoms with E-state index >= 15 is 0 Å². The lowest BCUT2D eigenvalue weighted by Gasteiger charge is -2.26. The summed E-state index contributed by atoms with van der Waals surface area (Å²) in [5.41, 5.74) is 5.34. The summed E-state index contributed by atoms with van der Waals surface area (Å²) >= 11 is 0. The quantitative estimate of drug-likeness (QED) is 0.289. The van der Waals surface area contributed by atoms with Crippen molar-refractivity contribution in [2.24, 2.45) is 17.6 Å². The summed E-state index contributed by atoms with van der Waals surface area (Å²) in [5.74, 6) is -1.39. The molecule has 10 nitrogen and oxygen atoms in total. The SMILES string of the molecule is CCCOC(=O)OCC[C@@](N)(Cc1ccc(OC(=O)CC(C)C)c(OC(=O)CC(C)C)c1)C(=O)OC. The maximum atomic E-state index is 12.5. The molecule has 0 bridgehead atoms. The molecule has 1 rings (SSSR count). The van der Waals surface area contributed by atoms with Gasteiger partial charge in [0.1, 0.15) is 5.54 Å². The average molecular weight is 510 g/mol. The number of carbonyl (C=O) groups excluding carboxylic acids is 4. The number of nitrogens with two attached hydrogens (primary N) is 1. The summed E-state index contributed by atoms with van der Waals surface area (Å²) in [6.45, 7) is 9.41. The summed E-state index contributed by atoms with van der Waals surface area (Å²) in [6, 6.07) is 4.59. The molecule has 0 spiro atoms. The zero-order valence-corrected chi connectivity index (χ0v) is 22.1. The van der Waals surface area contributed by atoms with Gasteiger partial charge < -0.3 is 29.4 Å². The highest BCUT2D eigenvalue weighted by molar-refractivity contribution is 5.81. The molecule has 0 amide bonds. The van der Waals surface area contributed by atoms with Crippen LogP contribution in [-0.2, 0) is 35.0 Å². The Morgan fingerprint density at radius 2 is 1.44 bits per heavy atom. The molecule has 36 heavy (non-hydrogen) atoms. The van der Waals surface area contributed by atoms with E-state index in [1.54, 1.807) is 6.07 Å². The average Bonchev–Trinajstić information content (AvgIpc) is 2.77. The van der Waals surface area contributed by atoms with Gasteiger partial charge in [-0.2, -0.15) is 0 Å². The van der Waals surface area contributed by atoms with Gasteiger partial charge in [0.15, 0.2) is 11.5 Å². The Labute approximate surface area is 212 Å². The topological polar surface area (TPSA) is 140 Å². The highest BCUT2D eigenvalue weighted by atomic mass is 16.7. The molecule has 10 heteroatoms. The molecule has 0 unspecified atom stereocenters. The van der Waals surface area contributed by atoms with Crippen molar-refractivity contribution >= 4 is 24.1 Å². The normalized spacial score (nSPS) is 12.6. The van der Waals surface area contributed by atoms with E-state index in [4.69, 9.17) is 29.4 Å². The van der Waals surface area contributed by atoms with Crippen LogP contribution in [0.1, 0.15) is 65.9 Å². The van der Waals surface area contributed by atoms with E-state index in [0.29, 0.717) is 12.0 Å². The lowest BCUT2D eigenvalue weighted by molar-refractivity contribution is -0.147. The molecule has 0 aromatic heterocycles. The van der Waals surface area contributed by atoms with Crippen molar-refractivity contribution in [3.8, 4) is 11.5 Å². The Balaban J connectivity index is 3.14. The Bertz CT molecular complexity index is 897. The van der Waals surface area contributed by atoms with Crippen LogP contribution in [0.2, 0.25) is 0 Å². The predicted octanol–water partition coefficient (Wildman–Crippen LogP) is 3.96. The summed E-state index contributed by atoms with van der Waals surface area (Å²) in [4.78, 5) is 48.7. The maximum absolute atomic E-state index is 12.5. The minimum absolute atomic E-state index is 0.0258. The smallest absolute Gasteiger partial charge is 0.468 e. The Morgan fingerprint density at radius 1 is 0.889 bits per heavy atom. The van der Waals surface area contributed by atoms with Crippen molar-refractivity contribution < 1.29 is 42.9 Å². The zero-order valence-electron chi connectivity index (χ0n) is 22.1. The number of carbonyl (C=O) groups is 4. The molecular formula is C26H39NO9. The molecule has 0 fully saturated rings. The van der Waals surface area contributed by atoms with Gasteiger partial charge in [-0.3, -0.25) is 14.4 Å². The fraction of sp³-hybridized carbons (Fsp3) is 0.615. The lowest BCUT2D eigenvalue weighted by Crippen LogP contribution is -2.51. The zero-order chi connectivity index (χ0) is 27.3. The third kappa shape index (κ3) is 11.1. The molecule has 0 aliphatic carbocycles. The molecule has 0 saturated carbocycles. The van der Waals surface area contributed by atoms with Crippen LogP contribution in [-0.4, -0.2) is 49.9 Å². The third-order valence-electron chi connectivity index (χ3n) is 4.91. The number of ether oxygens (including phenoxy) is 5. The fourth-order valence-electron chi connectivity index (χ4n) is 3.20. The summed E-state index contributed by atoms with van der Waals surface area (Å²) < 4.78 is 25.7. The number of hydrogen-bond donors (Lipinski definition) is 1. The van der Waals surface area contributed by atoms with Crippen LogP contribution < -0.4 is 15.2 Å². The van der Waals surface area contributed by atoms with Gasteiger partial charge in [-0.05, 0) is 36.0 Å². The summed E-state index contributed by atoms with van der Waals surface area (Å²) in [7, 11) is 1.21. The van der Waals surface area contributed by atoms with Crippen molar-refractivity contribution in [2.45, 2.75) is 72.3 Å². The minimum Gasteiger partial charge on any atom is -0.468 e. The van der Waals surface area contributed by atoms with Gasteiger partial charge in [-0.15, -0.1) is 0 Å². The first kappa shape index (κ1) is 30.9. The van der Waals surface area contributed by atoms with Gasteiger partial charge in [0.25, 0.3) is 0 Å². The van der Waals surface area contributed by atoms with E-state index in [9.17, 15) is 19.2 Å². The molecule has 2 N–H and O–H groups in total. The van der Waals surface area contributed by atoms with Crippen molar-refractivity contribution in [2.75, 3.05) is 20.3 Å². The van der Waals surface area contributed by atoms with Gasteiger partial charge >= 0.3 is 24.1 Å². The van der Waals surface area contributed by atoms with Gasteiger partial charge in [-0.25, -0.2) is 4.79 Å². The maximum Gasteiger partial charge on any atom is 0.508 e. The molecule has 1 aromatic carbocycles. The second kappa shape index (κ2) is 15.1. The van der Waals surface area contributed by atoms with Crippen molar-refractivity contribution in [1.82, 2.24) is 0 Å². The predicted molar refractivity (Wildman–Crippen MR) is 131 cm³/mol. The Kier molecular flexibility index (Phi) is 12.9. The standard InChI is InChI=1S/C26H39NO9/c1-7-11-33-25(31)34-12-10-26(27,24(30)32-6)16-19-8-9-20(35-22(28)13-17(2)3)21(15-19)36-23(29)14-18(4)5/h8-9,15,17-18H,7,10-14,16,27H2,1-6H3/t26-/m1/s1. The van der Waals surface area contributed by atoms with E-state index < -0.39 is 29.6 Å². The van der Waals surface area contributed by atoms with Gasteiger partial charge in [0, 0.05) is 25.7 Å². The van der Waals surface area contributed by atoms with Crippen molar-refractivity contribution in [3.63, 3.8) is 0 Å². The largest absolute Gasteiger partial charge is 0.508 e. The van der Waals surface area contributed by atoms with Crippen LogP contribution >= 0.6 is 0 Å². The molecule has 0 aliphatic rings. The molecular weight excluding hydrogens is 470 g/mol. The van der Waals surface area contributed by atoms with E-state index in [-0.39, 0.29) is 62.2 Å². The molecule has 0 aliphatic heterocycles. The number of esters is 3. The van der Waals surface area contributed by atoms with Gasteiger partial charge in [0.2, 0.25) is 0 Å². The minimum atomic E-state index is -1.55.